The lowest BCUT2D eigenvalue weighted by Crippen LogP contribution is -2.33. The Hall–Kier alpha value is -3.62. The minimum Gasteiger partial charge on any atom is -0.477 e. The maximum Gasteiger partial charge on any atom is 0.397 e. The normalized spacial score (nSPS) is 16.8. The molecule has 19 heteroatoms. The average molecular weight is 577 g/mol. The van der Waals surface area contributed by atoms with Gasteiger partial charge in [-0.3, -0.25) is 13.9 Å². The van der Waals surface area contributed by atoms with Crippen molar-refractivity contribution in [1.82, 2.24) is 0 Å². The SMILES string of the molecule is O=C(O)C1=NN(c2ccc(S(=O)(=O)O)cc2)C(=O)[C@H]1N=Nc1ccc(S(=O)(=O)CCOS(=O)(=O)O)cc1. The first kappa shape index (κ1) is 28.0. The van der Waals surface area contributed by atoms with Gasteiger partial charge in [-0.25, -0.2) is 17.4 Å². The first-order valence-corrected chi connectivity index (χ1v) is 14.1. The number of anilines is 1. The summed E-state index contributed by atoms with van der Waals surface area (Å²) in [6, 6.07) is 7.07. The molecule has 0 saturated carbocycles. The highest BCUT2D eigenvalue weighted by Crippen LogP contribution is 2.25. The molecule has 2 aromatic carbocycles. The van der Waals surface area contributed by atoms with Gasteiger partial charge in [0.1, 0.15) is 0 Å². The van der Waals surface area contributed by atoms with Gasteiger partial charge in [0, 0.05) is 0 Å². The molecule has 1 aliphatic heterocycles. The average Bonchev–Trinajstić information content (AvgIpc) is 3.13. The zero-order valence-electron chi connectivity index (χ0n) is 18.1. The number of carboxylic acids is 1. The molecule has 1 aliphatic rings. The van der Waals surface area contributed by atoms with Gasteiger partial charge < -0.3 is 5.11 Å². The van der Waals surface area contributed by atoms with Gasteiger partial charge in [0.05, 0.1) is 33.5 Å². The summed E-state index contributed by atoms with van der Waals surface area (Å²) >= 11 is 0. The molecule has 0 aliphatic carbocycles. The van der Waals surface area contributed by atoms with E-state index in [1.54, 1.807) is 0 Å². The third kappa shape index (κ3) is 6.99. The van der Waals surface area contributed by atoms with Crippen molar-refractivity contribution in [2.75, 3.05) is 17.4 Å². The number of aliphatic carboxylic acids is 1. The summed E-state index contributed by atoms with van der Waals surface area (Å²) in [5, 5.41) is 21.2. The quantitative estimate of drug-likeness (QED) is 0.258. The number of carbonyl (C=O) groups is 2. The van der Waals surface area contributed by atoms with E-state index in [1.807, 2.05) is 0 Å². The van der Waals surface area contributed by atoms with Crippen LogP contribution in [0.15, 0.2) is 73.7 Å². The van der Waals surface area contributed by atoms with Crippen molar-refractivity contribution >= 4 is 59.3 Å². The van der Waals surface area contributed by atoms with Gasteiger partial charge in [0.25, 0.3) is 16.0 Å². The molecule has 0 radical (unpaired) electrons. The Kier molecular flexibility index (Phi) is 7.86. The number of hydrogen-bond acceptors (Lipinski definition) is 12. The third-order valence-corrected chi connectivity index (χ3v) is 7.60. The van der Waals surface area contributed by atoms with Crippen molar-refractivity contribution in [2.24, 2.45) is 15.3 Å². The van der Waals surface area contributed by atoms with Gasteiger partial charge in [-0.2, -0.15) is 37.2 Å². The van der Waals surface area contributed by atoms with Crippen LogP contribution in [0.2, 0.25) is 0 Å². The van der Waals surface area contributed by atoms with Crippen molar-refractivity contribution in [3.63, 3.8) is 0 Å². The summed E-state index contributed by atoms with van der Waals surface area (Å²) in [5.74, 6) is -3.27. The van der Waals surface area contributed by atoms with Gasteiger partial charge in [-0.15, -0.1) is 0 Å². The molecule has 16 nitrogen and oxygen atoms in total. The molecule has 0 bridgehead atoms. The topological polar surface area (TPSA) is 247 Å². The molecule has 3 rings (SSSR count). The van der Waals surface area contributed by atoms with Gasteiger partial charge in [-0.05, 0) is 48.5 Å². The molecule has 2 aromatic rings. The van der Waals surface area contributed by atoms with Crippen LogP contribution in [-0.2, 0) is 44.1 Å². The number of carbonyl (C=O) groups excluding carboxylic acids is 1. The molecule has 0 saturated heterocycles. The highest BCUT2D eigenvalue weighted by Gasteiger charge is 2.41. The highest BCUT2D eigenvalue weighted by molar-refractivity contribution is 7.91. The van der Waals surface area contributed by atoms with Gasteiger partial charge in [-0.1, -0.05) is 0 Å². The van der Waals surface area contributed by atoms with Gasteiger partial charge in [0.15, 0.2) is 15.5 Å². The number of hydrogen-bond donors (Lipinski definition) is 3. The molecule has 37 heavy (non-hydrogen) atoms. The van der Waals surface area contributed by atoms with Gasteiger partial charge >= 0.3 is 16.4 Å². The second kappa shape index (κ2) is 10.4. The fourth-order valence-electron chi connectivity index (χ4n) is 2.86. The fourth-order valence-corrected chi connectivity index (χ4v) is 4.83. The van der Waals surface area contributed by atoms with Crippen LogP contribution in [-0.4, -0.2) is 75.5 Å². The molecule has 0 aromatic heterocycles. The van der Waals surface area contributed by atoms with E-state index in [9.17, 15) is 39.9 Å². The maximum absolute atomic E-state index is 12.8. The largest absolute Gasteiger partial charge is 0.477 e. The predicted molar refractivity (Wildman–Crippen MR) is 123 cm³/mol. The number of hydrazone groups is 1. The molecule has 0 spiro atoms. The molecule has 3 N–H and O–H groups in total. The Balaban J connectivity index is 1.77. The van der Waals surface area contributed by atoms with Crippen LogP contribution in [0.5, 0.6) is 0 Å². The summed E-state index contributed by atoms with van der Waals surface area (Å²) in [6.07, 6.45) is 0. The summed E-state index contributed by atoms with van der Waals surface area (Å²) in [4.78, 5) is 23.6. The number of nitrogens with zero attached hydrogens (tertiary/aromatic N) is 4. The molecular weight excluding hydrogens is 560 g/mol. The zero-order valence-corrected chi connectivity index (χ0v) is 20.6. The summed E-state index contributed by atoms with van der Waals surface area (Å²) in [7, 11) is -13.3. The van der Waals surface area contributed by atoms with E-state index in [4.69, 9.17) is 9.11 Å². The summed E-state index contributed by atoms with van der Waals surface area (Å²) in [5.41, 5.74) is -0.673. The molecular formula is C18H16N4O12S3. The molecule has 0 unspecified atom stereocenters. The monoisotopic (exact) mass is 576 g/mol. The number of amides is 1. The van der Waals surface area contributed by atoms with E-state index in [0.29, 0.717) is 5.01 Å². The number of benzene rings is 2. The predicted octanol–water partition coefficient (Wildman–Crippen LogP) is 0.466. The Morgan fingerprint density at radius 2 is 1.51 bits per heavy atom. The second-order valence-electron chi connectivity index (χ2n) is 7.09. The Morgan fingerprint density at radius 1 is 0.946 bits per heavy atom. The third-order valence-electron chi connectivity index (χ3n) is 4.58. The van der Waals surface area contributed by atoms with Crippen molar-refractivity contribution in [1.29, 1.82) is 0 Å². The van der Waals surface area contributed by atoms with Crippen molar-refractivity contribution in [2.45, 2.75) is 15.8 Å². The van der Waals surface area contributed by atoms with Crippen LogP contribution < -0.4 is 5.01 Å². The molecule has 1 heterocycles. The van der Waals surface area contributed by atoms with Gasteiger partial charge in [0.2, 0.25) is 6.04 Å². The Labute approximate surface area is 209 Å². The molecule has 0 fully saturated rings. The van der Waals surface area contributed by atoms with Crippen LogP contribution in [0, 0.1) is 0 Å². The van der Waals surface area contributed by atoms with E-state index in [-0.39, 0.29) is 16.3 Å². The summed E-state index contributed by atoms with van der Waals surface area (Å²) in [6.45, 7) is -0.821. The first-order valence-electron chi connectivity index (χ1n) is 9.67. The Bertz CT molecular complexity index is 1600. The van der Waals surface area contributed by atoms with Crippen LogP contribution in [0.4, 0.5) is 11.4 Å². The van der Waals surface area contributed by atoms with Crippen LogP contribution in [0.3, 0.4) is 0 Å². The van der Waals surface area contributed by atoms with Crippen LogP contribution >= 0.6 is 0 Å². The lowest BCUT2D eigenvalue weighted by Gasteiger charge is -2.12. The second-order valence-corrected chi connectivity index (χ2v) is 11.7. The van der Waals surface area contributed by atoms with Crippen LogP contribution in [0.1, 0.15) is 0 Å². The minimum atomic E-state index is -4.80. The van der Waals surface area contributed by atoms with Crippen LogP contribution in [0.25, 0.3) is 0 Å². The fraction of sp³-hybridized carbons (Fsp3) is 0.167. The lowest BCUT2D eigenvalue weighted by atomic mass is 10.2. The molecule has 1 atom stereocenters. The van der Waals surface area contributed by atoms with Crippen molar-refractivity contribution in [3.05, 3.63) is 48.5 Å². The lowest BCUT2D eigenvalue weighted by molar-refractivity contribution is -0.130. The summed E-state index contributed by atoms with van der Waals surface area (Å²) < 4.78 is 89.4. The molecule has 198 valence electrons. The highest BCUT2D eigenvalue weighted by atomic mass is 32.3. The van der Waals surface area contributed by atoms with E-state index < -0.39 is 71.2 Å². The number of rotatable bonds is 10. The zero-order chi connectivity index (χ0) is 27.6. The number of azo groups is 1. The standard InChI is InChI=1S/C18H16N4O12S3/c23-17-15(16(18(24)25)21-22(17)12-3-7-14(8-4-12)36(28,29)30)20-19-11-1-5-13(6-2-11)35(26,27)10-9-34-37(31,32)33/h1-8,15H,9-10H2,(H,24,25)(H,28,29,30)(H,31,32,33)/t15-/m0/s1. The van der Waals surface area contributed by atoms with E-state index in [2.05, 4.69) is 19.5 Å². The van der Waals surface area contributed by atoms with E-state index in [1.165, 1.54) is 12.1 Å². The minimum absolute atomic E-state index is 0.0126. The van der Waals surface area contributed by atoms with E-state index in [0.717, 1.165) is 36.4 Å². The molecule has 1 amide bonds. The van der Waals surface area contributed by atoms with Crippen molar-refractivity contribution < 1.29 is 53.2 Å². The smallest absolute Gasteiger partial charge is 0.397 e. The maximum atomic E-state index is 12.8. The Morgan fingerprint density at radius 3 is 2.03 bits per heavy atom. The number of carboxylic acid groups (broad SMARTS) is 1. The number of sulfone groups is 1. The first-order chi connectivity index (χ1) is 17.1. The van der Waals surface area contributed by atoms with Crippen molar-refractivity contribution in [3.8, 4) is 0 Å². The van der Waals surface area contributed by atoms with E-state index >= 15 is 0 Å².